The molecule has 0 fully saturated rings. The summed E-state index contributed by atoms with van der Waals surface area (Å²) < 4.78 is 32.0. The van der Waals surface area contributed by atoms with Crippen LogP contribution in [-0.4, -0.2) is 26.6 Å². The summed E-state index contributed by atoms with van der Waals surface area (Å²) in [4.78, 5) is 3.59. The summed E-state index contributed by atoms with van der Waals surface area (Å²) in [5.41, 5.74) is 1.12. The molecular formula is C14H14Cl2N2O3S. The van der Waals surface area contributed by atoms with Crippen LogP contribution in [-0.2, 0) is 10.0 Å². The minimum Gasteiger partial charge on any atom is -0.492 e. The summed E-state index contributed by atoms with van der Waals surface area (Å²) in [6.07, 6.45) is 0. The topological polar surface area (TPSA) is 68.3 Å². The summed E-state index contributed by atoms with van der Waals surface area (Å²) in [5, 5.41) is -0.0360. The lowest BCUT2D eigenvalue weighted by Gasteiger charge is -2.09. The fourth-order valence-corrected chi connectivity index (χ4v) is 3.33. The minimum absolute atomic E-state index is 0.106. The number of hydrogen-bond acceptors (Lipinski definition) is 4. The normalized spacial score (nSPS) is 11.4. The molecule has 0 aliphatic carbocycles. The van der Waals surface area contributed by atoms with Gasteiger partial charge in [-0.05, 0) is 31.2 Å². The van der Waals surface area contributed by atoms with Gasteiger partial charge in [0.05, 0.1) is 0 Å². The third-order valence-electron chi connectivity index (χ3n) is 2.75. The van der Waals surface area contributed by atoms with E-state index in [4.69, 9.17) is 27.9 Å². The van der Waals surface area contributed by atoms with E-state index in [9.17, 15) is 8.42 Å². The Kier molecular flexibility index (Phi) is 5.63. The van der Waals surface area contributed by atoms with Gasteiger partial charge in [0.25, 0.3) is 0 Å². The zero-order chi connectivity index (χ0) is 16.2. The summed E-state index contributed by atoms with van der Waals surface area (Å²) in [6, 6.07) is 10.1. The first-order valence-corrected chi connectivity index (χ1v) is 8.63. The highest BCUT2D eigenvalue weighted by molar-refractivity contribution is 7.89. The first-order valence-electron chi connectivity index (χ1n) is 6.40. The van der Waals surface area contributed by atoms with Crippen LogP contribution < -0.4 is 9.46 Å². The molecular weight excluding hydrogens is 347 g/mol. The van der Waals surface area contributed by atoms with Gasteiger partial charge in [-0.1, -0.05) is 40.9 Å². The Morgan fingerprint density at radius 1 is 1.14 bits per heavy atom. The second-order valence-corrected chi connectivity index (χ2v) is 6.96. The van der Waals surface area contributed by atoms with E-state index in [1.807, 2.05) is 31.2 Å². The molecule has 0 amide bonds. The Bertz CT molecular complexity index is 749. The Balaban J connectivity index is 1.91. The third-order valence-corrected chi connectivity index (χ3v) is 4.86. The minimum atomic E-state index is -3.75. The molecule has 5 nitrogen and oxygen atoms in total. The largest absolute Gasteiger partial charge is 0.492 e. The predicted octanol–water partition coefficient (Wildman–Crippen LogP) is 3.05. The Morgan fingerprint density at radius 2 is 1.82 bits per heavy atom. The maximum Gasteiger partial charge on any atom is 0.243 e. The number of pyridine rings is 1. The Labute approximate surface area is 139 Å². The smallest absolute Gasteiger partial charge is 0.243 e. The summed E-state index contributed by atoms with van der Waals surface area (Å²) in [7, 11) is -3.75. The summed E-state index contributed by atoms with van der Waals surface area (Å²) in [5.74, 6) is 0.677. The van der Waals surface area contributed by atoms with E-state index in [1.54, 1.807) is 0 Å². The number of halogens is 2. The molecule has 1 heterocycles. The van der Waals surface area contributed by atoms with Gasteiger partial charge in [0.1, 0.15) is 22.4 Å². The molecule has 1 aromatic heterocycles. The lowest BCUT2D eigenvalue weighted by molar-refractivity contribution is 0.323. The summed E-state index contributed by atoms with van der Waals surface area (Å²) >= 11 is 11.4. The Morgan fingerprint density at radius 3 is 2.45 bits per heavy atom. The predicted molar refractivity (Wildman–Crippen MR) is 86.1 cm³/mol. The van der Waals surface area contributed by atoms with Gasteiger partial charge in [-0.3, -0.25) is 0 Å². The van der Waals surface area contributed by atoms with Crippen molar-refractivity contribution in [3.05, 3.63) is 52.3 Å². The van der Waals surface area contributed by atoms with Crippen molar-refractivity contribution in [3.8, 4) is 5.75 Å². The van der Waals surface area contributed by atoms with Crippen molar-refractivity contribution in [2.45, 2.75) is 11.8 Å². The summed E-state index contributed by atoms with van der Waals surface area (Å²) in [6.45, 7) is 2.28. The highest BCUT2D eigenvalue weighted by Crippen LogP contribution is 2.21. The maximum absolute atomic E-state index is 12.1. The molecule has 2 rings (SSSR count). The molecule has 0 unspecified atom stereocenters. The van der Waals surface area contributed by atoms with Crippen molar-refractivity contribution < 1.29 is 13.2 Å². The Hall–Kier alpha value is -1.34. The van der Waals surface area contributed by atoms with Crippen molar-refractivity contribution in [1.82, 2.24) is 9.71 Å². The highest BCUT2D eigenvalue weighted by Gasteiger charge is 2.18. The van der Waals surface area contributed by atoms with E-state index < -0.39 is 10.0 Å². The number of nitrogens with one attached hydrogen (secondary N) is 1. The fraction of sp³-hybridized carbons (Fsp3) is 0.214. The number of aryl methyl sites for hydroxylation is 1. The molecule has 0 saturated heterocycles. The lowest BCUT2D eigenvalue weighted by atomic mass is 10.2. The van der Waals surface area contributed by atoms with E-state index in [0.717, 1.165) is 5.56 Å². The first-order chi connectivity index (χ1) is 10.4. The molecule has 0 spiro atoms. The second kappa shape index (κ2) is 7.28. The van der Waals surface area contributed by atoms with Crippen LogP contribution in [0.2, 0.25) is 10.3 Å². The maximum atomic E-state index is 12.1. The van der Waals surface area contributed by atoms with Crippen LogP contribution >= 0.6 is 23.2 Å². The number of aromatic nitrogens is 1. The van der Waals surface area contributed by atoms with Crippen molar-refractivity contribution >= 4 is 33.2 Å². The van der Waals surface area contributed by atoms with Crippen LogP contribution in [0.5, 0.6) is 5.75 Å². The molecule has 0 bridgehead atoms. The van der Waals surface area contributed by atoms with Gasteiger partial charge in [-0.25, -0.2) is 18.1 Å². The van der Waals surface area contributed by atoms with Gasteiger partial charge in [0, 0.05) is 6.54 Å². The van der Waals surface area contributed by atoms with Crippen LogP contribution in [0.1, 0.15) is 5.56 Å². The van der Waals surface area contributed by atoms with Crippen molar-refractivity contribution in [2.24, 2.45) is 0 Å². The fourth-order valence-electron chi connectivity index (χ4n) is 1.66. The van der Waals surface area contributed by atoms with Crippen LogP contribution in [0.15, 0.2) is 41.3 Å². The molecule has 0 saturated carbocycles. The van der Waals surface area contributed by atoms with Crippen molar-refractivity contribution in [3.63, 3.8) is 0 Å². The molecule has 0 radical (unpaired) electrons. The standard InChI is InChI=1S/C14H14Cl2N2O3S/c1-10-2-4-11(5-3-10)21-9-8-17-22(19,20)12-6-7-13(15)18-14(12)16/h2-7,17H,8-9H2,1H3. The number of sulfonamides is 1. The number of hydrogen-bond donors (Lipinski definition) is 1. The molecule has 0 atom stereocenters. The lowest BCUT2D eigenvalue weighted by Crippen LogP contribution is -2.28. The third kappa shape index (κ3) is 4.58. The number of rotatable bonds is 6. The number of benzene rings is 1. The van der Waals surface area contributed by atoms with E-state index in [2.05, 4.69) is 9.71 Å². The first kappa shape index (κ1) is 17.0. The van der Waals surface area contributed by atoms with Crippen LogP contribution in [0, 0.1) is 6.92 Å². The molecule has 1 N–H and O–H groups in total. The van der Waals surface area contributed by atoms with Gasteiger partial charge in [-0.15, -0.1) is 0 Å². The number of nitrogens with zero attached hydrogens (tertiary/aromatic N) is 1. The second-order valence-electron chi connectivity index (χ2n) is 4.48. The van der Waals surface area contributed by atoms with E-state index in [1.165, 1.54) is 12.1 Å². The molecule has 0 aliphatic heterocycles. The van der Waals surface area contributed by atoms with Crippen LogP contribution in [0.25, 0.3) is 0 Å². The monoisotopic (exact) mass is 360 g/mol. The average molecular weight is 361 g/mol. The molecule has 1 aromatic carbocycles. The van der Waals surface area contributed by atoms with Crippen LogP contribution in [0.4, 0.5) is 0 Å². The average Bonchev–Trinajstić information content (AvgIpc) is 2.45. The molecule has 22 heavy (non-hydrogen) atoms. The zero-order valence-corrected chi connectivity index (χ0v) is 14.0. The van der Waals surface area contributed by atoms with Gasteiger partial charge >= 0.3 is 0 Å². The highest BCUT2D eigenvalue weighted by atomic mass is 35.5. The van der Waals surface area contributed by atoms with Crippen molar-refractivity contribution in [2.75, 3.05) is 13.2 Å². The SMILES string of the molecule is Cc1ccc(OCCNS(=O)(=O)c2ccc(Cl)nc2Cl)cc1. The van der Waals surface area contributed by atoms with Gasteiger partial charge in [0.15, 0.2) is 5.15 Å². The molecule has 118 valence electrons. The van der Waals surface area contributed by atoms with Crippen LogP contribution in [0.3, 0.4) is 0 Å². The zero-order valence-electron chi connectivity index (χ0n) is 11.7. The molecule has 2 aromatic rings. The molecule has 0 aliphatic rings. The van der Waals surface area contributed by atoms with Gasteiger partial charge < -0.3 is 4.74 Å². The van der Waals surface area contributed by atoms with E-state index in [-0.39, 0.29) is 28.4 Å². The van der Waals surface area contributed by atoms with Gasteiger partial charge in [-0.2, -0.15) is 0 Å². The van der Waals surface area contributed by atoms with E-state index >= 15 is 0 Å². The quantitative estimate of drug-likeness (QED) is 0.634. The van der Waals surface area contributed by atoms with Gasteiger partial charge in [0.2, 0.25) is 10.0 Å². The number of ether oxygens (including phenoxy) is 1. The van der Waals surface area contributed by atoms with Crippen molar-refractivity contribution in [1.29, 1.82) is 0 Å². The molecule has 8 heteroatoms. The van der Waals surface area contributed by atoms with E-state index in [0.29, 0.717) is 5.75 Å².